The van der Waals surface area contributed by atoms with Crippen molar-refractivity contribution < 1.29 is 14.1 Å². The van der Waals surface area contributed by atoms with E-state index in [2.05, 4.69) is 15.6 Å². The van der Waals surface area contributed by atoms with Crippen LogP contribution in [0.1, 0.15) is 30.6 Å². The molecule has 162 valence electrons. The summed E-state index contributed by atoms with van der Waals surface area (Å²) in [6.45, 7) is 3.13. The van der Waals surface area contributed by atoms with Crippen LogP contribution in [0.4, 0.5) is 5.69 Å². The second-order valence-corrected chi connectivity index (χ2v) is 6.79. The Hall–Kier alpha value is -2.63. The molecule has 0 saturated carbocycles. The van der Waals surface area contributed by atoms with Crippen LogP contribution in [0.5, 0.6) is 0 Å². The summed E-state index contributed by atoms with van der Waals surface area (Å²) in [5.41, 5.74) is 0.931. The number of rotatable bonds is 9. The van der Waals surface area contributed by atoms with E-state index in [1.165, 1.54) is 12.1 Å². The first-order chi connectivity index (χ1) is 14.1. The zero-order valence-electron chi connectivity index (χ0n) is 16.6. The van der Waals surface area contributed by atoms with E-state index in [-0.39, 0.29) is 35.6 Å². The van der Waals surface area contributed by atoms with Crippen LogP contribution in [0.3, 0.4) is 0 Å². The van der Waals surface area contributed by atoms with E-state index in [1.807, 2.05) is 17.0 Å². The van der Waals surface area contributed by atoms with Gasteiger partial charge in [0.2, 0.25) is 5.91 Å². The van der Waals surface area contributed by atoms with Gasteiger partial charge in [0, 0.05) is 38.2 Å². The number of benzene rings is 1. The van der Waals surface area contributed by atoms with Crippen LogP contribution in [0, 0.1) is 10.1 Å². The van der Waals surface area contributed by atoms with E-state index in [9.17, 15) is 14.9 Å². The Balaban J connectivity index is 0.00000320. The zero-order valence-corrected chi connectivity index (χ0v) is 18.9. The molecule has 1 aromatic heterocycles. The van der Waals surface area contributed by atoms with E-state index in [0.29, 0.717) is 32.0 Å². The Labute approximate surface area is 192 Å². The van der Waals surface area contributed by atoms with Crippen LogP contribution < -0.4 is 10.6 Å². The Morgan fingerprint density at radius 3 is 2.67 bits per heavy atom. The molecule has 1 saturated heterocycles. The maximum Gasteiger partial charge on any atom is 0.269 e. The summed E-state index contributed by atoms with van der Waals surface area (Å²) < 4.78 is 5.33. The molecule has 3 rings (SSSR count). The van der Waals surface area contributed by atoms with Gasteiger partial charge >= 0.3 is 0 Å². The van der Waals surface area contributed by atoms with Gasteiger partial charge in [0.05, 0.1) is 24.3 Å². The van der Waals surface area contributed by atoms with Crippen LogP contribution in [-0.4, -0.2) is 41.3 Å². The Morgan fingerprint density at radius 1 is 1.23 bits per heavy atom. The highest BCUT2D eigenvalue weighted by atomic mass is 127. The van der Waals surface area contributed by atoms with Gasteiger partial charge in [-0.1, -0.05) is 12.1 Å². The molecule has 0 aliphatic carbocycles. The summed E-state index contributed by atoms with van der Waals surface area (Å²) in [5, 5.41) is 17.3. The lowest BCUT2D eigenvalue weighted by Gasteiger charge is -2.16. The second-order valence-electron chi connectivity index (χ2n) is 6.79. The average molecular weight is 527 g/mol. The summed E-state index contributed by atoms with van der Waals surface area (Å²) in [4.78, 5) is 28.5. The minimum Gasteiger partial charge on any atom is -0.467 e. The highest BCUT2D eigenvalue weighted by molar-refractivity contribution is 14.0. The van der Waals surface area contributed by atoms with Crippen LogP contribution in [0.15, 0.2) is 52.1 Å². The molecule has 9 nitrogen and oxygen atoms in total. The first-order valence-electron chi connectivity index (χ1n) is 9.67. The zero-order chi connectivity index (χ0) is 20.5. The van der Waals surface area contributed by atoms with Crippen LogP contribution in [0.25, 0.3) is 0 Å². The van der Waals surface area contributed by atoms with Gasteiger partial charge in [0.1, 0.15) is 5.76 Å². The summed E-state index contributed by atoms with van der Waals surface area (Å²) in [6, 6.07) is 10.0. The molecular formula is C20H26IN5O4. The first-order valence-corrected chi connectivity index (χ1v) is 9.67. The van der Waals surface area contributed by atoms with E-state index in [1.54, 1.807) is 18.4 Å². The van der Waals surface area contributed by atoms with Gasteiger partial charge in [-0.15, -0.1) is 24.0 Å². The van der Waals surface area contributed by atoms with Crippen LogP contribution in [-0.2, 0) is 17.9 Å². The monoisotopic (exact) mass is 527 g/mol. The Kier molecular flexibility index (Phi) is 9.58. The number of aliphatic imine (C=N–C) groups is 1. The average Bonchev–Trinajstić information content (AvgIpc) is 3.38. The molecule has 30 heavy (non-hydrogen) atoms. The van der Waals surface area contributed by atoms with Crippen LogP contribution >= 0.6 is 24.0 Å². The maximum absolute atomic E-state index is 11.7. The van der Waals surface area contributed by atoms with Crippen LogP contribution in [0.2, 0.25) is 0 Å². The number of amides is 1. The number of carbonyl (C=O) groups is 1. The smallest absolute Gasteiger partial charge is 0.269 e. The predicted octanol–water partition coefficient (Wildman–Crippen LogP) is 3.05. The molecule has 1 amide bonds. The fourth-order valence-electron chi connectivity index (χ4n) is 3.07. The number of non-ortho nitro benzene ring substituents is 1. The number of hydrogen-bond acceptors (Lipinski definition) is 5. The van der Waals surface area contributed by atoms with Gasteiger partial charge in [0.15, 0.2) is 5.96 Å². The van der Waals surface area contributed by atoms with E-state index in [0.717, 1.165) is 37.3 Å². The molecule has 2 aromatic rings. The number of nitrogens with one attached hydrogen (secondary N) is 2. The number of nitro groups is 1. The molecule has 1 aliphatic heterocycles. The highest BCUT2D eigenvalue weighted by Crippen LogP contribution is 2.12. The van der Waals surface area contributed by atoms with Crippen molar-refractivity contribution in [2.75, 3.05) is 19.6 Å². The molecule has 0 unspecified atom stereocenters. The lowest BCUT2D eigenvalue weighted by Crippen LogP contribution is -2.38. The second kappa shape index (κ2) is 12.2. The fourth-order valence-corrected chi connectivity index (χ4v) is 3.07. The molecule has 1 aromatic carbocycles. The summed E-state index contributed by atoms with van der Waals surface area (Å²) in [5.74, 6) is 1.64. The molecule has 1 fully saturated rings. The lowest BCUT2D eigenvalue weighted by atomic mass is 10.2. The van der Waals surface area contributed by atoms with Gasteiger partial charge in [-0.05, 0) is 30.5 Å². The van der Waals surface area contributed by atoms with Gasteiger partial charge in [-0.3, -0.25) is 14.9 Å². The largest absolute Gasteiger partial charge is 0.467 e. The summed E-state index contributed by atoms with van der Waals surface area (Å²) >= 11 is 0. The van der Waals surface area contributed by atoms with Gasteiger partial charge in [0.25, 0.3) is 5.69 Å². The van der Waals surface area contributed by atoms with E-state index in [4.69, 9.17) is 4.42 Å². The highest BCUT2D eigenvalue weighted by Gasteiger charge is 2.18. The van der Waals surface area contributed by atoms with Gasteiger partial charge in [-0.2, -0.15) is 0 Å². The van der Waals surface area contributed by atoms with Crippen molar-refractivity contribution in [3.63, 3.8) is 0 Å². The third kappa shape index (κ3) is 7.32. The molecule has 0 spiro atoms. The maximum atomic E-state index is 11.7. The SMILES string of the molecule is I.O=C1CCCN1CCCNC(=NCc1ccc([N+](=O)[O-])cc1)NCc1ccco1. The van der Waals surface area contributed by atoms with Crippen molar-refractivity contribution in [1.29, 1.82) is 0 Å². The number of hydrogen-bond donors (Lipinski definition) is 2. The number of likely N-dealkylation sites (tertiary alicyclic amines) is 1. The fraction of sp³-hybridized carbons (Fsp3) is 0.400. The normalized spacial score (nSPS) is 13.8. The molecule has 0 radical (unpaired) electrons. The topological polar surface area (TPSA) is 113 Å². The summed E-state index contributed by atoms with van der Waals surface area (Å²) in [6.07, 6.45) is 4.04. The van der Waals surface area contributed by atoms with Gasteiger partial charge in [-0.25, -0.2) is 4.99 Å². The third-order valence-corrected chi connectivity index (χ3v) is 4.65. The van der Waals surface area contributed by atoms with Gasteiger partial charge < -0.3 is 20.0 Å². The quantitative estimate of drug-likeness (QED) is 0.130. The lowest BCUT2D eigenvalue weighted by molar-refractivity contribution is -0.384. The standard InChI is InChI=1S/C20H25N5O4.HI/c26-19-5-1-11-24(19)12-3-10-21-20(23-15-18-4-2-13-29-18)22-14-16-6-8-17(9-7-16)25(27)28;/h2,4,6-9,13H,1,3,5,10-12,14-15H2,(H2,21,22,23);1H. The number of furan rings is 1. The van der Waals surface area contributed by atoms with Crippen molar-refractivity contribution >= 4 is 41.5 Å². The molecule has 0 atom stereocenters. The molecule has 0 bridgehead atoms. The van der Waals surface area contributed by atoms with E-state index >= 15 is 0 Å². The number of nitrogens with zero attached hydrogens (tertiary/aromatic N) is 3. The molecule has 2 N–H and O–H groups in total. The molecule has 1 aliphatic rings. The van der Waals surface area contributed by atoms with Crippen molar-refractivity contribution in [3.8, 4) is 0 Å². The Morgan fingerprint density at radius 2 is 2.03 bits per heavy atom. The number of carbonyl (C=O) groups excluding carboxylic acids is 1. The molecular weight excluding hydrogens is 501 g/mol. The number of guanidine groups is 1. The predicted molar refractivity (Wildman–Crippen MR) is 124 cm³/mol. The van der Waals surface area contributed by atoms with E-state index < -0.39 is 4.92 Å². The first kappa shape index (κ1) is 23.6. The van der Waals surface area contributed by atoms with Crippen molar-refractivity contribution in [2.45, 2.75) is 32.4 Å². The molecule has 2 heterocycles. The molecule has 10 heteroatoms. The Bertz CT molecular complexity index is 839. The number of halogens is 1. The number of nitro benzene ring substituents is 1. The minimum atomic E-state index is -0.421. The van der Waals surface area contributed by atoms with Crippen molar-refractivity contribution in [2.24, 2.45) is 4.99 Å². The minimum absolute atomic E-state index is 0. The van der Waals surface area contributed by atoms with Crippen molar-refractivity contribution in [1.82, 2.24) is 15.5 Å². The summed E-state index contributed by atoms with van der Waals surface area (Å²) in [7, 11) is 0. The third-order valence-electron chi connectivity index (χ3n) is 4.65. The van der Waals surface area contributed by atoms with Crippen molar-refractivity contribution in [3.05, 3.63) is 64.1 Å².